The van der Waals surface area contributed by atoms with Gasteiger partial charge in [-0.15, -0.1) is 23.1 Å². The van der Waals surface area contributed by atoms with Crippen LogP contribution in [-0.4, -0.2) is 23.2 Å². The van der Waals surface area contributed by atoms with Crippen LogP contribution in [0, 0.1) is 5.82 Å². The maximum atomic E-state index is 13.7. The zero-order valence-corrected chi connectivity index (χ0v) is 15.8. The molecule has 0 saturated heterocycles. The Labute approximate surface area is 155 Å². The number of carbonyl (C=O) groups is 1. The molecule has 6 heteroatoms. The summed E-state index contributed by atoms with van der Waals surface area (Å²) in [6.45, 7) is 2.87. The Balaban J connectivity index is 1.54. The van der Waals surface area contributed by atoms with Gasteiger partial charge in [-0.05, 0) is 60.0 Å². The maximum Gasteiger partial charge on any atom is 0.318 e. The van der Waals surface area contributed by atoms with Crippen molar-refractivity contribution in [3.8, 4) is 0 Å². The van der Waals surface area contributed by atoms with Gasteiger partial charge in [-0.1, -0.05) is 6.92 Å². The Morgan fingerprint density at radius 2 is 2.24 bits per heavy atom. The number of fused-ring (bicyclic) bond motifs is 2. The highest BCUT2D eigenvalue weighted by molar-refractivity contribution is 7.99. The number of nitrogens with one attached hydrogen (secondary N) is 1. The van der Waals surface area contributed by atoms with Crippen molar-refractivity contribution in [2.24, 2.45) is 0 Å². The lowest BCUT2D eigenvalue weighted by molar-refractivity contribution is 0.163. The second kappa shape index (κ2) is 7.00. The van der Waals surface area contributed by atoms with E-state index in [1.54, 1.807) is 29.2 Å². The van der Waals surface area contributed by atoms with Crippen LogP contribution in [-0.2, 0) is 6.42 Å². The highest BCUT2D eigenvalue weighted by Gasteiger charge is 2.32. The van der Waals surface area contributed by atoms with Gasteiger partial charge in [-0.25, -0.2) is 9.18 Å². The Hall–Kier alpha value is -1.53. The molecule has 2 aromatic rings. The fraction of sp³-hybridized carbons (Fsp3) is 0.421. The molecule has 4 rings (SSSR count). The zero-order valence-electron chi connectivity index (χ0n) is 14.1. The van der Waals surface area contributed by atoms with E-state index < -0.39 is 0 Å². The van der Waals surface area contributed by atoms with E-state index in [0.717, 1.165) is 42.0 Å². The van der Waals surface area contributed by atoms with E-state index in [2.05, 4.69) is 23.7 Å². The standard InChI is InChI=1S/C19H21FN2OS2/c1-2-16-13-6-9-24-18(13)5-8-22(16)19(23)21-15-7-10-25-17-4-3-12(20)11-14(15)17/h3-4,6,9,11,15-16H,2,5,7-8,10H2,1H3,(H,21,23). The normalized spacial score (nSPS) is 22.2. The second-order valence-corrected chi connectivity index (χ2v) is 8.63. The Kier molecular flexibility index (Phi) is 4.73. The van der Waals surface area contributed by atoms with Crippen LogP contribution >= 0.6 is 23.1 Å². The third-order valence-corrected chi connectivity index (χ3v) is 7.17. The van der Waals surface area contributed by atoms with Gasteiger partial charge in [0.05, 0.1) is 12.1 Å². The van der Waals surface area contributed by atoms with Crippen molar-refractivity contribution in [2.45, 2.75) is 43.2 Å². The summed E-state index contributed by atoms with van der Waals surface area (Å²) in [5.74, 6) is 0.697. The van der Waals surface area contributed by atoms with Crippen molar-refractivity contribution in [3.05, 3.63) is 51.5 Å². The molecular weight excluding hydrogens is 355 g/mol. The minimum absolute atomic E-state index is 0.0317. The summed E-state index contributed by atoms with van der Waals surface area (Å²) in [6.07, 6.45) is 2.66. The second-order valence-electron chi connectivity index (χ2n) is 6.49. The smallest absolute Gasteiger partial charge is 0.318 e. The van der Waals surface area contributed by atoms with Crippen LogP contribution in [0.1, 0.15) is 47.9 Å². The van der Waals surface area contributed by atoms with Gasteiger partial charge in [0.15, 0.2) is 0 Å². The average Bonchev–Trinajstić information content (AvgIpc) is 3.10. The molecule has 0 saturated carbocycles. The fourth-order valence-electron chi connectivity index (χ4n) is 3.83. The number of benzene rings is 1. The molecule has 2 aliphatic rings. The van der Waals surface area contributed by atoms with Gasteiger partial charge < -0.3 is 10.2 Å². The third kappa shape index (κ3) is 3.17. The molecule has 0 fully saturated rings. The molecule has 3 nitrogen and oxygen atoms in total. The molecule has 2 unspecified atom stereocenters. The summed E-state index contributed by atoms with van der Waals surface area (Å²) in [6, 6.07) is 7.02. The lowest BCUT2D eigenvalue weighted by Gasteiger charge is -2.37. The van der Waals surface area contributed by atoms with E-state index in [-0.39, 0.29) is 23.9 Å². The highest BCUT2D eigenvalue weighted by Crippen LogP contribution is 2.38. The predicted molar refractivity (Wildman–Crippen MR) is 101 cm³/mol. The number of carbonyl (C=O) groups excluding carboxylic acids is 1. The Morgan fingerprint density at radius 1 is 1.36 bits per heavy atom. The third-order valence-electron chi connectivity index (χ3n) is 5.05. The number of hydrogen-bond acceptors (Lipinski definition) is 3. The van der Waals surface area contributed by atoms with Crippen molar-refractivity contribution < 1.29 is 9.18 Å². The minimum Gasteiger partial charge on any atom is -0.331 e. The summed E-state index contributed by atoms with van der Waals surface area (Å²) in [7, 11) is 0. The Morgan fingerprint density at radius 3 is 3.08 bits per heavy atom. The van der Waals surface area contributed by atoms with Gasteiger partial charge in [0.25, 0.3) is 0 Å². The molecule has 1 N–H and O–H groups in total. The summed E-state index contributed by atoms with van der Waals surface area (Å²) in [4.78, 5) is 17.4. The van der Waals surface area contributed by atoms with E-state index in [9.17, 15) is 9.18 Å². The maximum absolute atomic E-state index is 13.7. The predicted octanol–water partition coefficient (Wildman–Crippen LogP) is 5.14. The monoisotopic (exact) mass is 376 g/mol. The van der Waals surface area contributed by atoms with Crippen molar-refractivity contribution in [2.75, 3.05) is 12.3 Å². The first-order valence-corrected chi connectivity index (χ1v) is 10.6. The first kappa shape index (κ1) is 16.9. The van der Waals surface area contributed by atoms with Crippen molar-refractivity contribution in [3.63, 3.8) is 0 Å². The van der Waals surface area contributed by atoms with Crippen LogP contribution in [0.5, 0.6) is 0 Å². The van der Waals surface area contributed by atoms with Crippen molar-refractivity contribution in [1.29, 1.82) is 0 Å². The average molecular weight is 377 g/mol. The summed E-state index contributed by atoms with van der Waals surface area (Å²) >= 11 is 3.51. The van der Waals surface area contributed by atoms with E-state index in [1.165, 1.54) is 16.5 Å². The van der Waals surface area contributed by atoms with Crippen LogP contribution in [0.4, 0.5) is 9.18 Å². The lowest BCUT2D eigenvalue weighted by atomic mass is 9.98. The van der Waals surface area contributed by atoms with Crippen LogP contribution in [0.3, 0.4) is 0 Å². The fourth-order valence-corrected chi connectivity index (χ4v) is 5.86. The molecule has 0 spiro atoms. The molecule has 0 aliphatic carbocycles. The number of thioether (sulfide) groups is 1. The largest absolute Gasteiger partial charge is 0.331 e. The minimum atomic E-state index is -0.243. The van der Waals surface area contributed by atoms with Gasteiger partial charge in [0.1, 0.15) is 5.82 Å². The summed E-state index contributed by atoms with van der Waals surface area (Å²) in [5, 5.41) is 5.29. The van der Waals surface area contributed by atoms with Crippen LogP contribution in [0.15, 0.2) is 34.5 Å². The van der Waals surface area contributed by atoms with Crippen molar-refractivity contribution in [1.82, 2.24) is 10.2 Å². The number of urea groups is 1. The molecule has 1 aromatic carbocycles. The van der Waals surface area contributed by atoms with E-state index in [0.29, 0.717) is 0 Å². The van der Waals surface area contributed by atoms with Gasteiger partial charge >= 0.3 is 6.03 Å². The molecule has 0 bridgehead atoms. The van der Waals surface area contributed by atoms with Crippen LogP contribution in [0.2, 0.25) is 0 Å². The quantitative estimate of drug-likeness (QED) is 0.787. The summed E-state index contributed by atoms with van der Waals surface area (Å²) in [5.41, 5.74) is 2.20. The topological polar surface area (TPSA) is 32.3 Å². The molecule has 2 aliphatic heterocycles. The molecule has 1 aromatic heterocycles. The molecule has 0 radical (unpaired) electrons. The number of amides is 2. The van der Waals surface area contributed by atoms with Crippen molar-refractivity contribution >= 4 is 29.1 Å². The molecule has 2 amide bonds. The van der Waals surface area contributed by atoms with Gasteiger partial charge in [0, 0.05) is 22.1 Å². The first-order valence-electron chi connectivity index (χ1n) is 8.73. The first-order chi connectivity index (χ1) is 12.2. The zero-order chi connectivity index (χ0) is 17.4. The van der Waals surface area contributed by atoms with E-state index in [4.69, 9.17) is 0 Å². The van der Waals surface area contributed by atoms with E-state index in [1.807, 2.05) is 11.0 Å². The van der Waals surface area contributed by atoms with Crippen LogP contribution in [0.25, 0.3) is 0 Å². The number of hydrogen-bond donors (Lipinski definition) is 1. The van der Waals surface area contributed by atoms with Crippen LogP contribution < -0.4 is 5.32 Å². The number of rotatable bonds is 2. The lowest BCUT2D eigenvalue weighted by Crippen LogP contribution is -2.46. The molecule has 25 heavy (non-hydrogen) atoms. The van der Waals surface area contributed by atoms with E-state index >= 15 is 0 Å². The number of thiophene rings is 1. The summed E-state index contributed by atoms with van der Waals surface area (Å²) < 4.78 is 13.7. The Bertz CT molecular complexity index is 791. The molecule has 132 valence electrons. The number of nitrogens with zero attached hydrogens (tertiary/aromatic N) is 1. The van der Waals surface area contributed by atoms with Gasteiger partial charge in [-0.2, -0.15) is 0 Å². The highest BCUT2D eigenvalue weighted by atomic mass is 32.2. The molecule has 2 atom stereocenters. The van der Waals surface area contributed by atoms with Gasteiger partial charge in [-0.3, -0.25) is 0 Å². The molecule has 3 heterocycles. The SMILES string of the molecule is CCC1c2ccsc2CCN1C(=O)NC1CCSc2ccc(F)cc21. The molecular formula is C19H21FN2OS2. The number of halogens is 1. The van der Waals surface area contributed by atoms with Gasteiger partial charge in [0.2, 0.25) is 0 Å².